The fourth-order valence-electron chi connectivity index (χ4n) is 2.19. The van der Waals surface area contributed by atoms with E-state index in [2.05, 4.69) is 0 Å². The van der Waals surface area contributed by atoms with Crippen molar-refractivity contribution < 1.29 is 33.1 Å². The summed E-state index contributed by atoms with van der Waals surface area (Å²) in [5.41, 5.74) is -0.932. The number of hydrogen-bond acceptors (Lipinski definition) is 7. The molecule has 0 heterocycles. The first-order valence-corrected chi connectivity index (χ1v) is 8.02. The van der Waals surface area contributed by atoms with Crippen molar-refractivity contribution in [2.45, 2.75) is 0 Å². The third kappa shape index (κ3) is 4.41. The Labute approximate surface area is 167 Å². The van der Waals surface area contributed by atoms with Crippen molar-refractivity contribution in [3.8, 4) is 17.2 Å². The monoisotopic (exact) mass is 432 g/mol. The number of carbonyl (C=O) groups excluding carboxylic acids is 2. The van der Waals surface area contributed by atoms with Crippen LogP contribution in [0.4, 0.5) is 14.9 Å². The molecule has 0 atom stereocenters. The third-order valence-electron chi connectivity index (χ3n) is 3.32. The molecule has 2 rings (SSSR count). The molecule has 2 aromatic carbocycles. The molecule has 9 nitrogen and oxygen atoms in total. The molecular formula is C16H11Cl2FN2O7. The van der Waals surface area contributed by atoms with E-state index in [1.54, 1.807) is 0 Å². The van der Waals surface area contributed by atoms with E-state index in [1.807, 2.05) is 5.32 Å². The number of imide groups is 1. The number of carbonyl (C=O) groups is 2. The van der Waals surface area contributed by atoms with Gasteiger partial charge >= 0.3 is 11.8 Å². The van der Waals surface area contributed by atoms with Crippen molar-refractivity contribution in [3.05, 3.63) is 55.8 Å². The molecule has 0 radical (unpaired) electrons. The number of halogens is 3. The number of amides is 2. The van der Waals surface area contributed by atoms with Gasteiger partial charge < -0.3 is 14.2 Å². The molecule has 0 fully saturated rings. The molecule has 0 bridgehead atoms. The Kier molecular flexibility index (Phi) is 6.60. The van der Waals surface area contributed by atoms with Gasteiger partial charge in [0.25, 0.3) is 5.91 Å². The number of ether oxygens (including phenoxy) is 3. The fourth-order valence-corrected chi connectivity index (χ4v) is 2.73. The van der Waals surface area contributed by atoms with Crippen LogP contribution in [0.15, 0.2) is 24.3 Å². The largest absolute Gasteiger partial charge is 0.496 e. The van der Waals surface area contributed by atoms with Gasteiger partial charge in [-0.2, -0.15) is 0 Å². The van der Waals surface area contributed by atoms with Crippen LogP contribution in [-0.2, 0) is 0 Å². The molecule has 2 amide bonds. The van der Waals surface area contributed by atoms with Gasteiger partial charge in [0.15, 0.2) is 5.75 Å². The summed E-state index contributed by atoms with van der Waals surface area (Å²) in [6, 6.07) is 3.94. The van der Waals surface area contributed by atoms with Crippen molar-refractivity contribution in [1.29, 1.82) is 0 Å². The quantitative estimate of drug-likeness (QED) is 0.560. The number of nitro groups is 1. The molecule has 1 N–H and O–H groups in total. The molecule has 12 heteroatoms. The predicted molar refractivity (Wildman–Crippen MR) is 96.1 cm³/mol. The van der Waals surface area contributed by atoms with E-state index in [9.17, 15) is 24.1 Å². The lowest BCUT2D eigenvalue weighted by Crippen LogP contribution is -2.33. The topological polar surface area (TPSA) is 117 Å². The van der Waals surface area contributed by atoms with Gasteiger partial charge in [-0.15, -0.1) is 0 Å². The van der Waals surface area contributed by atoms with Gasteiger partial charge in [-0.3, -0.25) is 20.2 Å². The first-order valence-electron chi connectivity index (χ1n) is 7.26. The van der Waals surface area contributed by atoms with Crippen molar-refractivity contribution in [1.82, 2.24) is 5.32 Å². The van der Waals surface area contributed by atoms with E-state index in [4.69, 9.17) is 37.4 Å². The van der Waals surface area contributed by atoms with Crippen LogP contribution in [-0.4, -0.2) is 31.1 Å². The second-order valence-electron chi connectivity index (χ2n) is 4.99. The number of benzene rings is 2. The van der Waals surface area contributed by atoms with Crippen LogP contribution in [0.2, 0.25) is 10.0 Å². The highest BCUT2D eigenvalue weighted by Crippen LogP contribution is 2.37. The zero-order valence-corrected chi connectivity index (χ0v) is 15.8. The number of nitrogens with zero attached hydrogens (tertiary/aromatic N) is 1. The number of nitrogens with one attached hydrogen (secondary N) is 1. The van der Waals surface area contributed by atoms with Crippen LogP contribution < -0.4 is 19.5 Å². The van der Waals surface area contributed by atoms with E-state index in [1.165, 1.54) is 7.11 Å². The number of rotatable bonds is 5. The van der Waals surface area contributed by atoms with Crippen molar-refractivity contribution in [2.75, 3.05) is 14.2 Å². The average Bonchev–Trinajstić information content (AvgIpc) is 2.62. The van der Waals surface area contributed by atoms with Gasteiger partial charge in [0.1, 0.15) is 17.1 Å². The minimum Gasteiger partial charge on any atom is -0.496 e. The summed E-state index contributed by atoms with van der Waals surface area (Å²) in [5.74, 6) is -2.77. The first-order chi connectivity index (χ1) is 13.2. The second kappa shape index (κ2) is 8.72. The molecule has 0 aliphatic heterocycles. The maximum atomic E-state index is 13.2. The number of hydrogen-bond donors (Lipinski definition) is 1. The summed E-state index contributed by atoms with van der Waals surface area (Å²) in [6.45, 7) is 0. The molecule has 0 saturated heterocycles. The van der Waals surface area contributed by atoms with Crippen LogP contribution in [0.1, 0.15) is 10.4 Å². The normalized spacial score (nSPS) is 10.2. The van der Waals surface area contributed by atoms with Crippen molar-refractivity contribution in [3.63, 3.8) is 0 Å². The number of nitro benzene ring substituents is 1. The highest BCUT2D eigenvalue weighted by molar-refractivity contribution is 6.37. The van der Waals surface area contributed by atoms with Gasteiger partial charge in [-0.25, -0.2) is 9.18 Å². The Balaban J connectivity index is 2.33. The van der Waals surface area contributed by atoms with E-state index in [0.717, 1.165) is 31.4 Å². The molecule has 0 saturated carbocycles. The zero-order valence-electron chi connectivity index (χ0n) is 14.2. The van der Waals surface area contributed by atoms with Gasteiger partial charge in [-0.1, -0.05) is 23.2 Å². The Bertz CT molecular complexity index is 945. The second-order valence-corrected chi connectivity index (χ2v) is 5.81. The smallest absolute Gasteiger partial charge is 0.419 e. The van der Waals surface area contributed by atoms with E-state index in [-0.39, 0.29) is 21.5 Å². The van der Waals surface area contributed by atoms with E-state index >= 15 is 0 Å². The summed E-state index contributed by atoms with van der Waals surface area (Å²) in [6.07, 6.45) is -1.32. The minimum atomic E-state index is -1.32. The van der Waals surface area contributed by atoms with E-state index < -0.39 is 39.7 Å². The third-order valence-corrected chi connectivity index (χ3v) is 3.88. The average molecular weight is 433 g/mol. The Hall–Kier alpha value is -3.11. The lowest BCUT2D eigenvalue weighted by molar-refractivity contribution is -0.385. The standard InChI is InChI=1S/C16H11Cl2FN2O7/c1-26-11-4-3-10(21(24)25)14(27-2)12(11)15(22)20-16(23)28-13-8(17)5-7(19)6-9(13)18/h3-6H,1-2H3,(H,20,22,23). The van der Waals surface area contributed by atoms with Crippen LogP contribution in [0, 0.1) is 15.9 Å². The predicted octanol–water partition coefficient (Wildman–Crippen LogP) is 3.99. The van der Waals surface area contributed by atoms with Gasteiger partial charge in [0.05, 0.1) is 29.2 Å². The SMILES string of the molecule is COc1ccc([N+](=O)[O-])c(OC)c1C(=O)NC(=O)Oc1c(Cl)cc(F)cc1Cl. The van der Waals surface area contributed by atoms with Crippen molar-refractivity contribution >= 4 is 40.9 Å². The van der Waals surface area contributed by atoms with Gasteiger partial charge in [-0.05, 0) is 18.2 Å². The highest BCUT2D eigenvalue weighted by Gasteiger charge is 2.29. The molecule has 0 unspecified atom stereocenters. The maximum Gasteiger partial charge on any atom is 0.419 e. The van der Waals surface area contributed by atoms with Gasteiger partial charge in [0.2, 0.25) is 5.75 Å². The molecular weight excluding hydrogens is 422 g/mol. The van der Waals surface area contributed by atoms with Crippen LogP contribution >= 0.6 is 23.2 Å². The van der Waals surface area contributed by atoms with E-state index in [0.29, 0.717) is 0 Å². The first kappa shape index (κ1) is 21.2. The lowest BCUT2D eigenvalue weighted by Gasteiger charge is -2.13. The minimum absolute atomic E-state index is 0.0920. The molecule has 0 spiro atoms. The zero-order chi connectivity index (χ0) is 21.0. The summed E-state index contributed by atoms with van der Waals surface area (Å²) < 4.78 is 27.9. The summed E-state index contributed by atoms with van der Waals surface area (Å²) in [5, 5.41) is 12.3. The summed E-state index contributed by atoms with van der Waals surface area (Å²) in [4.78, 5) is 34.9. The Morgan fingerprint density at radius 1 is 1.11 bits per heavy atom. The van der Waals surface area contributed by atoms with Gasteiger partial charge in [0, 0.05) is 6.07 Å². The molecule has 148 valence electrons. The Morgan fingerprint density at radius 3 is 2.21 bits per heavy atom. The molecule has 28 heavy (non-hydrogen) atoms. The summed E-state index contributed by atoms with van der Waals surface area (Å²) in [7, 11) is 2.32. The molecule has 0 aliphatic carbocycles. The van der Waals surface area contributed by atoms with Crippen LogP contribution in [0.3, 0.4) is 0 Å². The van der Waals surface area contributed by atoms with Crippen LogP contribution in [0.5, 0.6) is 17.2 Å². The summed E-state index contributed by atoms with van der Waals surface area (Å²) >= 11 is 11.5. The molecule has 0 aliphatic rings. The molecule has 2 aromatic rings. The molecule has 0 aromatic heterocycles. The van der Waals surface area contributed by atoms with Crippen LogP contribution in [0.25, 0.3) is 0 Å². The number of methoxy groups -OCH3 is 2. The fraction of sp³-hybridized carbons (Fsp3) is 0.125. The van der Waals surface area contributed by atoms with Crippen molar-refractivity contribution in [2.24, 2.45) is 0 Å². The Morgan fingerprint density at radius 2 is 1.71 bits per heavy atom. The highest BCUT2D eigenvalue weighted by atomic mass is 35.5. The lowest BCUT2D eigenvalue weighted by atomic mass is 10.1. The maximum absolute atomic E-state index is 13.2.